The number of halogens is 1. The van der Waals surface area contributed by atoms with Crippen molar-refractivity contribution in [2.45, 2.75) is 76.8 Å². The predicted molar refractivity (Wildman–Crippen MR) is 174 cm³/mol. The first-order valence-electron chi connectivity index (χ1n) is 15.3. The van der Waals surface area contributed by atoms with Gasteiger partial charge < -0.3 is 15.0 Å². The molecule has 1 amide bonds. The van der Waals surface area contributed by atoms with Crippen LogP contribution < -0.4 is 14.8 Å². The van der Waals surface area contributed by atoms with Crippen molar-refractivity contribution in [2.75, 3.05) is 24.4 Å². The van der Waals surface area contributed by atoms with Gasteiger partial charge in [-0.1, -0.05) is 38.1 Å². The molecule has 6 rings (SSSR count). The molecule has 1 spiro atoms. The third-order valence-corrected chi connectivity index (χ3v) is 10.6. The number of aromatic nitrogens is 2. The zero-order valence-electron chi connectivity index (χ0n) is 25.8. The largest absolute Gasteiger partial charge is 0.475 e. The zero-order valence-corrected chi connectivity index (χ0v) is 27.4. The Labute approximate surface area is 266 Å². The Hall–Kier alpha value is -3.21. The second kappa shape index (κ2) is 12.7. The van der Waals surface area contributed by atoms with Crippen molar-refractivity contribution < 1.29 is 17.9 Å². The first-order valence-corrected chi connectivity index (χ1v) is 16.8. The summed E-state index contributed by atoms with van der Waals surface area (Å²) < 4.78 is 36.1. The number of carbonyl (C=O) groups excluding carboxylic acids is 1. The number of nitrogens with one attached hydrogen (secondary N) is 2. The van der Waals surface area contributed by atoms with Gasteiger partial charge in [0.2, 0.25) is 11.8 Å². The molecule has 3 aromatic rings. The van der Waals surface area contributed by atoms with Crippen molar-refractivity contribution >= 4 is 34.3 Å². The third-order valence-electron chi connectivity index (χ3n) is 9.25. The van der Waals surface area contributed by atoms with E-state index in [2.05, 4.69) is 33.9 Å². The topological polar surface area (TPSA) is 114 Å². The van der Waals surface area contributed by atoms with E-state index in [0.717, 1.165) is 61.9 Å². The first-order chi connectivity index (χ1) is 20.5. The summed E-state index contributed by atoms with van der Waals surface area (Å²) in [5, 5.41) is 3.46. The molecule has 1 atom stereocenters. The molecule has 3 aliphatic rings. The highest BCUT2D eigenvalue weighted by Crippen LogP contribution is 2.51. The van der Waals surface area contributed by atoms with Crippen molar-refractivity contribution in [1.29, 1.82) is 0 Å². The van der Waals surface area contributed by atoms with Gasteiger partial charge in [0, 0.05) is 23.2 Å². The highest BCUT2D eigenvalue weighted by molar-refractivity contribution is 7.92. The number of fused-ring (bicyclic) bond motifs is 4. The molecule has 0 radical (unpaired) electrons. The monoisotopic (exact) mass is 639 g/mol. The maximum absolute atomic E-state index is 14.3. The second-order valence-corrected chi connectivity index (χ2v) is 14.6. The van der Waals surface area contributed by atoms with Gasteiger partial charge in [-0.15, -0.1) is 12.4 Å². The van der Waals surface area contributed by atoms with E-state index < -0.39 is 10.0 Å². The molecule has 4 bridgehead atoms. The number of hydrogen-bond acceptors (Lipinski definition) is 7. The molecule has 2 aliphatic heterocycles. The fourth-order valence-corrected chi connectivity index (χ4v) is 8.12. The number of nitrogens with zero attached hydrogens (tertiary/aromatic N) is 3. The van der Waals surface area contributed by atoms with Crippen LogP contribution in [0.1, 0.15) is 67.4 Å². The molecule has 3 heterocycles. The molecule has 9 nitrogen and oxygen atoms in total. The maximum Gasteiger partial charge on any atom is 0.264 e. The van der Waals surface area contributed by atoms with Crippen LogP contribution in [0.15, 0.2) is 53.4 Å². The number of sulfonamides is 1. The third kappa shape index (κ3) is 6.43. The van der Waals surface area contributed by atoms with E-state index in [4.69, 9.17) is 4.74 Å². The molecular weight excluding hydrogens is 598 g/mol. The summed E-state index contributed by atoms with van der Waals surface area (Å²) in [7, 11) is -4.09. The minimum atomic E-state index is -4.09. The molecule has 1 aromatic heterocycles. The van der Waals surface area contributed by atoms with E-state index in [9.17, 15) is 13.2 Å². The highest BCUT2D eigenvalue weighted by atomic mass is 35.5. The van der Waals surface area contributed by atoms with E-state index in [1.165, 1.54) is 12.1 Å². The number of amides is 1. The average Bonchev–Trinajstić information content (AvgIpc) is 2.95. The van der Waals surface area contributed by atoms with E-state index in [-0.39, 0.29) is 59.1 Å². The van der Waals surface area contributed by atoms with Crippen molar-refractivity contribution in [3.05, 3.63) is 65.2 Å². The summed E-state index contributed by atoms with van der Waals surface area (Å²) in [5.41, 5.74) is 4.11. The Kier molecular flexibility index (Phi) is 9.26. The fraction of sp³-hybridized carbons (Fsp3) is 0.485. The number of benzene rings is 2. The van der Waals surface area contributed by atoms with Gasteiger partial charge in [0.05, 0.1) is 16.6 Å². The molecule has 2 N–H and O–H groups in total. The average molecular weight is 640 g/mol. The lowest BCUT2D eigenvalue weighted by Crippen LogP contribution is -2.59. The number of aryl methyl sites for hydroxylation is 2. The Morgan fingerprint density at radius 1 is 1.02 bits per heavy atom. The number of rotatable bonds is 4. The Morgan fingerprint density at radius 2 is 1.70 bits per heavy atom. The van der Waals surface area contributed by atoms with Crippen molar-refractivity contribution in [3.63, 3.8) is 0 Å². The molecule has 0 unspecified atom stereocenters. The van der Waals surface area contributed by atoms with Crippen LogP contribution in [0.4, 0.5) is 5.95 Å². The summed E-state index contributed by atoms with van der Waals surface area (Å²) >= 11 is 0. The SMILES string of the molecule is Cc1cccc(C)c1-c1cc2nc(n1)NS(=O)(=O)c1cccc(c1)C(=O)N(C1CC3(CCNCC3)C1)[C@H](CC(C)C)CO2.Cl. The number of piperidine rings is 1. The van der Waals surface area contributed by atoms with E-state index in [1.54, 1.807) is 18.2 Å². The Morgan fingerprint density at radius 3 is 2.39 bits per heavy atom. The van der Waals surface area contributed by atoms with Crippen LogP contribution in [-0.4, -0.2) is 61.0 Å². The molecule has 1 saturated heterocycles. The van der Waals surface area contributed by atoms with Crippen molar-refractivity contribution in [2.24, 2.45) is 11.3 Å². The van der Waals surface area contributed by atoms with Crippen LogP contribution in [0, 0.1) is 25.2 Å². The van der Waals surface area contributed by atoms with Crippen LogP contribution in [0.3, 0.4) is 0 Å². The molecule has 1 aliphatic carbocycles. The summed E-state index contributed by atoms with van der Waals surface area (Å²) in [6.07, 6.45) is 4.86. The standard InChI is InChI=1S/C33H41N5O4S.ClH/c1-21(2)15-25-20-42-29-17-28(30-22(3)7-5-8-23(30)4)35-32(36-29)37-43(40,41)27-10-6-9-24(16-27)31(39)38(25)26-18-33(19-26)11-13-34-14-12-33;/h5-10,16-17,21,25-26,34H,11-15,18-20H2,1-4H3,(H,35,36,37);1H/t25-;/m1./s1. The number of carbonyl (C=O) groups is 1. The van der Waals surface area contributed by atoms with E-state index in [0.29, 0.717) is 17.2 Å². The van der Waals surface area contributed by atoms with E-state index in [1.807, 2.05) is 36.9 Å². The molecule has 236 valence electrons. The summed E-state index contributed by atoms with van der Waals surface area (Å²) in [6.45, 7) is 10.5. The van der Waals surface area contributed by atoms with Gasteiger partial charge in [-0.2, -0.15) is 4.98 Å². The van der Waals surface area contributed by atoms with Crippen molar-refractivity contribution in [1.82, 2.24) is 20.2 Å². The quantitative estimate of drug-likeness (QED) is 0.373. The number of hydrogen-bond donors (Lipinski definition) is 2. The summed E-state index contributed by atoms with van der Waals surface area (Å²) in [4.78, 5) is 25.4. The Bertz CT molecular complexity index is 1610. The normalized spacial score (nSPS) is 21.2. The lowest BCUT2D eigenvalue weighted by atomic mass is 9.60. The summed E-state index contributed by atoms with van der Waals surface area (Å²) in [6, 6.07) is 13.9. The predicted octanol–water partition coefficient (Wildman–Crippen LogP) is 5.76. The lowest BCUT2D eigenvalue weighted by Gasteiger charge is -2.55. The first kappa shape index (κ1) is 32.2. The molecule has 44 heavy (non-hydrogen) atoms. The van der Waals surface area contributed by atoms with Crippen LogP contribution >= 0.6 is 12.4 Å². The van der Waals surface area contributed by atoms with Crippen LogP contribution in [0.5, 0.6) is 5.88 Å². The van der Waals surface area contributed by atoms with Crippen LogP contribution in [0.2, 0.25) is 0 Å². The van der Waals surface area contributed by atoms with Gasteiger partial charge in [0.1, 0.15) is 6.61 Å². The molecule has 1 saturated carbocycles. The minimum Gasteiger partial charge on any atom is -0.475 e. The van der Waals surface area contributed by atoms with Gasteiger partial charge in [0.15, 0.2) is 0 Å². The van der Waals surface area contributed by atoms with Gasteiger partial charge in [0.25, 0.3) is 15.9 Å². The summed E-state index contributed by atoms with van der Waals surface area (Å²) in [5.74, 6) is 0.344. The van der Waals surface area contributed by atoms with Gasteiger partial charge >= 0.3 is 0 Å². The minimum absolute atomic E-state index is 0. The number of ether oxygens (including phenoxy) is 1. The van der Waals surface area contributed by atoms with Gasteiger partial charge in [-0.25, -0.2) is 18.1 Å². The van der Waals surface area contributed by atoms with Gasteiger partial charge in [-0.3, -0.25) is 4.79 Å². The molecular formula is C33H42ClN5O4S. The maximum atomic E-state index is 14.3. The Balaban J connectivity index is 0.00000384. The fourth-order valence-electron chi connectivity index (χ4n) is 7.13. The molecule has 2 fully saturated rings. The second-order valence-electron chi connectivity index (χ2n) is 12.9. The van der Waals surface area contributed by atoms with E-state index >= 15 is 0 Å². The van der Waals surface area contributed by atoms with Crippen LogP contribution in [-0.2, 0) is 10.0 Å². The van der Waals surface area contributed by atoms with Crippen LogP contribution in [0.25, 0.3) is 11.3 Å². The molecule has 2 aromatic carbocycles. The number of anilines is 1. The highest BCUT2D eigenvalue weighted by Gasteiger charge is 2.49. The lowest BCUT2D eigenvalue weighted by molar-refractivity contribution is -0.0368. The molecule has 11 heteroatoms. The zero-order chi connectivity index (χ0) is 30.4. The van der Waals surface area contributed by atoms with Crippen molar-refractivity contribution in [3.8, 4) is 17.1 Å². The van der Waals surface area contributed by atoms with Gasteiger partial charge in [-0.05, 0) is 99.7 Å². The smallest absolute Gasteiger partial charge is 0.264 e.